The lowest BCUT2D eigenvalue weighted by molar-refractivity contribution is -0.354. The molecule has 0 aliphatic carbocycles. The summed E-state index contributed by atoms with van der Waals surface area (Å²) in [5.41, 5.74) is 2.51. The van der Waals surface area contributed by atoms with Gasteiger partial charge in [0, 0.05) is 17.7 Å². The molecule has 2 aromatic rings. The van der Waals surface area contributed by atoms with Crippen molar-refractivity contribution in [2.24, 2.45) is 0 Å². The third-order valence-electron chi connectivity index (χ3n) is 2.74. The quantitative estimate of drug-likeness (QED) is 0.358. The largest absolute Gasteiger partial charge is 0.618 e. The zero-order valence-corrected chi connectivity index (χ0v) is 10.5. The second-order valence-corrected chi connectivity index (χ2v) is 4.01. The molecular weight excluding hydrogens is 226 g/mol. The van der Waals surface area contributed by atoms with Crippen LogP contribution in [0.5, 0.6) is 5.75 Å². The SMILES string of the molecule is COc1ccc(C=[N+]([O-])c2ccccc2)c(C)c1. The van der Waals surface area contributed by atoms with Crippen LogP contribution in [0, 0.1) is 12.1 Å². The van der Waals surface area contributed by atoms with Gasteiger partial charge in [0.1, 0.15) is 5.75 Å². The van der Waals surface area contributed by atoms with Gasteiger partial charge in [-0.2, -0.15) is 4.74 Å². The predicted octanol–water partition coefficient (Wildman–Crippen LogP) is 3.26. The molecule has 3 nitrogen and oxygen atoms in total. The fraction of sp³-hybridized carbons (Fsp3) is 0.133. The molecule has 92 valence electrons. The van der Waals surface area contributed by atoms with Gasteiger partial charge >= 0.3 is 0 Å². The molecule has 2 rings (SSSR count). The highest BCUT2D eigenvalue weighted by atomic mass is 16.5. The zero-order valence-electron chi connectivity index (χ0n) is 10.5. The fourth-order valence-electron chi connectivity index (χ4n) is 1.70. The molecule has 0 aliphatic rings. The van der Waals surface area contributed by atoms with Crippen LogP contribution < -0.4 is 4.74 Å². The number of aryl methyl sites for hydroxylation is 1. The van der Waals surface area contributed by atoms with Crippen molar-refractivity contribution >= 4 is 11.9 Å². The van der Waals surface area contributed by atoms with Crippen LogP contribution in [-0.2, 0) is 0 Å². The summed E-state index contributed by atoms with van der Waals surface area (Å²) in [5, 5.41) is 12.0. The third-order valence-corrected chi connectivity index (χ3v) is 2.74. The molecule has 0 atom stereocenters. The maximum Gasteiger partial charge on any atom is 0.216 e. The first-order chi connectivity index (χ1) is 8.70. The number of benzene rings is 2. The van der Waals surface area contributed by atoms with E-state index in [2.05, 4.69) is 0 Å². The molecular formula is C15H15NO2. The maximum atomic E-state index is 12.0. The Morgan fingerprint density at radius 3 is 2.44 bits per heavy atom. The lowest BCUT2D eigenvalue weighted by atomic mass is 10.1. The Bertz CT molecular complexity index is 562. The average molecular weight is 241 g/mol. The van der Waals surface area contributed by atoms with E-state index in [9.17, 15) is 5.21 Å². The third kappa shape index (κ3) is 2.69. The van der Waals surface area contributed by atoms with Gasteiger partial charge in [-0.05, 0) is 30.7 Å². The van der Waals surface area contributed by atoms with E-state index in [0.29, 0.717) is 5.69 Å². The molecule has 0 aromatic heterocycles. The minimum absolute atomic E-state index is 0.618. The molecule has 0 aliphatic heterocycles. The van der Waals surface area contributed by atoms with Gasteiger partial charge in [-0.3, -0.25) is 0 Å². The van der Waals surface area contributed by atoms with Crippen molar-refractivity contribution in [1.82, 2.24) is 0 Å². The highest BCUT2D eigenvalue weighted by Crippen LogP contribution is 2.16. The second kappa shape index (κ2) is 5.36. The lowest BCUT2D eigenvalue weighted by Crippen LogP contribution is -2.00. The Hall–Kier alpha value is -2.29. The molecule has 0 amide bonds. The number of para-hydroxylation sites is 1. The highest BCUT2D eigenvalue weighted by Gasteiger charge is 2.04. The molecule has 0 saturated heterocycles. The van der Waals surface area contributed by atoms with Gasteiger partial charge in [0.25, 0.3) is 0 Å². The maximum absolute atomic E-state index is 12.0. The van der Waals surface area contributed by atoms with E-state index in [1.807, 2.05) is 43.3 Å². The van der Waals surface area contributed by atoms with E-state index < -0.39 is 0 Å². The van der Waals surface area contributed by atoms with Gasteiger partial charge in [-0.1, -0.05) is 18.2 Å². The van der Waals surface area contributed by atoms with Crippen molar-refractivity contribution in [3.05, 3.63) is 64.9 Å². The van der Waals surface area contributed by atoms with Gasteiger partial charge in [-0.15, -0.1) is 0 Å². The lowest BCUT2D eigenvalue weighted by Gasteiger charge is -2.05. The minimum atomic E-state index is 0.618. The van der Waals surface area contributed by atoms with Crippen LogP contribution in [0.4, 0.5) is 5.69 Å². The van der Waals surface area contributed by atoms with Gasteiger partial charge in [-0.25, -0.2) is 0 Å². The normalized spacial score (nSPS) is 11.3. The number of hydrogen-bond donors (Lipinski definition) is 0. The molecule has 0 heterocycles. The topological polar surface area (TPSA) is 35.3 Å². The number of hydrogen-bond acceptors (Lipinski definition) is 2. The minimum Gasteiger partial charge on any atom is -0.618 e. The molecule has 18 heavy (non-hydrogen) atoms. The van der Waals surface area contributed by atoms with Crippen molar-refractivity contribution in [3.8, 4) is 5.75 Å². The molecule has 0 bridgehead atoms. The van der Waals surface area contributed by atoms with Crippen molar-refractivity contribution in [2.75, 3.05) is 7.11 Å². The molecule has 0 radical (unpaired) electrons. The average Bonchev–Trinajstić information content (AvgIpc) is 2.42. The van der Waals surface area contributed by atoms with E-state index in [1.54, 1.807) is 25.5 Å². The summed E-state index contributed by atoms with van der Waals surface area (Å²) in [7, 11) is 1.63. The standard InChI is InChI=1S/C15H15NO2/c1-12-10-15(18-2)9-8-13(12)11-16(17)14-6-4-3-5-7-14/h3-11H,1-2H3. The molecule has 0 N–H and O–H groups in total. The molecule has 0 spiro atoms. The Balaban J connectivity index is 2.33. The van der Waals surface area contributed by atoms with Crippen molar-refractivity contribution in [1.29, 1.82) is 0 Å². The number of methoxy groups -OCH3 is 1. The summed E-state index contributed by atoms with van der Waals surface area (Å²) in [6.45, 7) is 1.95. The van der Waals surface area contributed by atoms with Crippen LogP contribution in [0.3, 0.4) is 0 Å². The zero-order chi connectivity index (χ0) is 13.0. The van der Waals surface area contributed by atoms with E-state index in [1.165, 1.54) is 0 Å². The molecule has 3 heteroatoms. The summed E-state index contributed by atoms with van der Waals surface area (Å²) in [5.74, 6) is 0.793. The van der Waals surface area contributed by atoms with E-state index in [4.69, 9.17) is 4.74 Å². The Kier molecular flexibility index (Phi) is 3.63. The van der Waals surface area contributed by atoms with Crippen LogP contribution in [0.15, 0.2) is 48.5 Å². The monoisotopic (exact) mass is 241 g/mol. The summed E-state index contributed by atoms with van der Waals surface area (Å²) in [6.07, 6.45) is 1.57. The van der Waals surface area contributed by atoms with Crippen LogP contribution in [-0.4, -0.2) is 18.1 Å². The van der Waals surface area contributed by atoms with Crippen molar-refractivity contribution < 1.29 is 9.48 Å². The van der Waals surface area contributed by atoms with E-state index >= 15 is 0 Å². The Morgan fingerprint density at radius 2 is 1.83 bits per heavy atom. The highest BCUT2D eigenvalue weighted by molar-refractivity contribution is 5.79. The smallest absolute Gasteiger partial charge is 0.216 e. The summed E-state index contributed by atoms with van der Waals surface area (Å²) in [4.78, 5) is 0. The summed E-state index contributed by atoms with van der Waals surface area (Å²) in [6, 6.07) is 14.8. The predicted molar refractivity (Wildman–Crippen MR) is 72.6 cm³/mol. The summed E-state index contributed by atoms with van der Waals surface area (Å²) >= 11 is 0. The van der Waals surface area contributed by atoms with E-state index in [-0.39, 0.29) is 0 Å². The first kappa shape index (κ1) is 12.2. The summed E-state index contributed by atoms with van der Waals surface area (Å²) < 4.78 is 6.00. The van der Waals surface area contributed by atoms with Gasteiger partial charge in [0.15, 0.2) is 6.21 Å². The van der Waals surface area contributed by atoms with Crippen LogP contribution in [0.25, 0.3) is 0 Å². The fourth-order valence-corrected chi connectivity index (χ4v) is 1.70. The molecule has 2 aromatic carbocycles. The van der Waals surface area contributed by atoms with Crippen LogP contribution >= 0.6 is 0 Å². The van der Waals surface area contributed by atoms with Crippen LogP contribution in [0.2, 0.25) is 0 Å². The number of nitrogens with zero attached hydrogens (tertiary/aromatic N) is 1. The molecule has 0 fully saturated rings. The van der Waals surface area contributed by atoms with Crippen molar-refractivity contribution in [2.45, 2.75) is 6.92 Å². The Labute approximate surface area is 107 Å². The van der Waals surface area contributed by atoms with Gasteiger partial charge in [0.05, 0.1) is 7.11 Å². The van der Waals surface area contributed by atoms with Crippen molar-refractivity contribution in [3.63, 3.8) is 0 Å². The van der Waals surface area contributed by atoms with Gasteiger partial charge < -0.3 is 9.94 Å². The number of ether oxygens (including phenoxy) is 1. The van der Waals surface area contributed by atoms with Gasteiger partial charge in [0.2, 0.25) is 5.69 Å². The first-order valence-electron chi connectivity index (χ1n) is 5.71. The first-order valence-corrected chi connectivity index (χ1v) is 5.71. The van der Waals surface area contributed by atoms with Crippen LogP contribution in [0.1, 0.15) is 11.1 Å². The van der Waals surface area contributed by atoms with E-state index in [0.717, 1.165) is 21.6 Å². The number of rotatable bonds is 3. The Morgan fingerprint density at radius 1 is 1.11 bits per heavy atom. The second-order valence-electron chi connectivity index (χ2n) is 4.01. The molecule has 0 saturated carbocycles. The molecule has 0 unspecified atom stereocenters.